The number of benzene rings is 1. The van der Waals surface area contributed by atoms with E-state index in [0.29, 0.717) is 0 Å². The zero-order valence-corrected chi connectivity index (χ0v) is 11.3. The molecular weight excluding hydrogens is 355 g/mol. The minimum Gasteiger partial charge on any atom is -0.467 e. The highest BCUT2D eigenvalue weighted by molar-refractivity contribution is 9.10. The summed E-state index contributed by atoms with van der Waals surface area (Å²) in [5.41, 5.74) is -0.216. The van der Waals surface area contributed by atoms with E-state index in [1.165, 1.54) is 12.1 Å². The zero-order valence-electron chi connectivity index (χ0n) is 8.93. The van der Waals surface area contributed by atoms with Gasteiger partial charge in [0.2, 0.25) is 11.2 Å². The van der Waals surface area contributed by atoms with Crippen LogP contribution in [0.4, 0.5) is 17.6 Å². The molecule has 0 bridgehead atoms. The first-order valence-electron chi connectivity index (χ1n) is 4.79. The molecule has 0 N–H and O–H groups in total. The molecule has 2 rings (SSSR count). The van der Waals surface area contributed by atoms with Crippen molar-refractivity contribution in [3.8, 4) is 5.88 Å². The smallest absolute Gasteiger partial charge is 0.422 e. The summed E-state index contributed by atoms with van der Waals surface area (Å²) in [7, 11) is 0. The molecule has 9 heteroatoms. The Morgan fingerprint density at radius 3 is 2.58 bits per heavy atom. The van der Waals surface area contributed by atoms with Crippen molar-refractivity contribution < 1.29 is 22.3 Å². The highest BCUT2D eigenvalue weighted by Gasteiger charge is 2.29. The van der Waals surface area contributed by atoms with Crippen LogP contribution in [0.5, 0.6) is 5.88 Å². The van der Waals surface area contributed by atoms with E-state index in [-0.39, 0.29) is 15.4 Å². The van der Waals surface area contributed by atoms with E-state index >= 15 is 0 Å². The predicted molar refractivity (Wildman–Crippen MR) is 63.8 cm³/mol. The van der Waals surface area contributed by atoms with Gasteiger partial charge in [-0.15, -0.1) is 0 Å². The van der Waals surface area contributed by atoms with Crippen molar-refractivity contribution in [2.75, 3.05) is 6.61 Å². The van der Waals surface area contributed by atoms with Crippen molar-refractivity contribution in [1.82, 2.24) is 9.97 Å². The molecule has 0 aliphatic rings. The quantitative estimate of drug-likeness (QED) is 0.597. The van der Waals surface area contributed by atoms with Gasteiger partial charge in [0, 0.05) is 0 Å². The first-order valence-corrected chi connectivity index (χ1v) is 5.96. The first-order chi connectivity index (χ1) is 8.78. The monoisotopic (exact) mass is 358 g/mol. The average molecular weight is 360 g/mol. The van der Waals surface area contributed by atoms with Crippen molar-refractivity contribution in [2.45, 2.75) is 6.18 Å². The standard InChI is InChI=1S/C10H4BrClF4N2O/c11-5-2-1-4-7(6(5)13)17-9(12)18-8(4)19-3-10(14,15)16/h1-2H,3H2. The van der Waals surface area contributed by atoms with Crippen molar-refractivity contribution in [2.24, 2.45) is 0 Å². The lowest BCUT2D eigenvalue weighted by Crippen LogP contribution is -2.20. The van der Waals surface area contributed by atoms with Gasteiger partial charge >= 0.3 is 6.18 Å². The Morgan fingerprint density at radius 2 is 1.95 bits per heavy atom. The summed E-state index contributed by atoms with van der Waals surface area (Å²) in [6.07, 6.45) is -4.53. The van der Waals surface area contributed by atoms with Crippen LogP contribution in [0.3, 0.4) is 0 Å². The van der Waals surface area contributed by atoms with E-state index in [0.717, 1.165) is 0 Å². The Labute approximate surface area is 117 Å². The van der Waals surface area contributed by atoms with E-state index in [9.17, 15) is 17.6 Å². The second kappa shape index (κ2) is 5.09. The van der Waals surface area contributed by atoms with Gasteiger partial charge in [0.1, 0.15) is 5.52 Å². The van der Waals surface area contributed by atoms with Gasteiger partial charge in [-0.3, -0.25) is 0 Å². The topological polar surface area (TPSA) is 35.0 Å². The summed E-state index contributed by atoms with van der Waals surface area (Å²) in [5, 5.41) is -0.393. The maximum Gasteiger partial charge on any atom is 0.422 e. The van der Waals surface area contributed by atoms with Crippen LogP contribution in [0.25, 0.3) is 10.9 Å². The Hall–Kier alpha value is -1.15. The SMILES string of the molecule is Fc1c(Br)ccc2c(OCC(F)(F)F)nc(Cl)nc12. The Kier molecular flexibility index (Phi) is 3.82. The van der Waals surface area contributed by atoms with E-state index in [2.05, 4.69) is 30.6 Å². The number of ether oxygens (including phenoxy) is 1. The van der Waals surface area contributed by atoms with E-state index in [1.807, 2.05) is 0 Å². The third-order valence-corrected chi connectivity index (χ3v) is 2.85. The molecule has 0 spiro atoms. The molecule has 0 saturated heterocycles. The second-order valence-electron chi connectivity index (χ2n) is 3.46. The number of aromatic nitrogens is 2. The third-order valence-electron chi connectivity index (χ3n) is 2.07. The van der Waals surface area contributed by atoms with Crippen LogP contribution in [0, 0.1) is 5.82 Å². The molecule has 3 nitrogen and oxygen atoms in total. The van der Waals surface area contributed by atoms with Crippen molar-refractivity contribution in [3.63, 3.8) is 0 Å². The molecule has 0 aliphatic carbocycles. The Balaban J connectivity index is 2.52. The van der Waals surface area contributed by atoms with Gasteiger partial charge < -0.3 is 4.74 Å². The molecular formula is C10H4BrClF4N2O. The minimum absolute atomic E-state index is 0.00866. The summed E-state index contributed by atoms with van der Waals surface area (Å²) < 4.78 is 54.7. The number of fused-ring (bicyclic) bond motifs is 1. The molecule has 2 aromatic rings. The largest absolute Gasteiger partial charge is 0.467 e. The first kappa shape index (κ1) is 14.3. The molecule has 0 unspecified atom stereocenters. The Bertz CT molecular complexity index is 635. The van der Waals surface area contributed by atoms with Crippen LogP contribution >= 0.6 is 27.5 Å². The molecule has 0 fully saturated rings. The lowest BCUT2D eigenvalue weighted by Gasteiger charge is -2.11. The van der Waals surface area contributed by atoms with Gasteiger partial charge in [0.15, 0.2) is 12.4 Å². The van der Waals surface area contributed by atoms with Gasteiger partial charge in [-0.25, -0.2) is 9.37 Å². The molecule has 0 radical (unpaired) electrons. The fourth-order valence-electron chi connectivity index (χ4n) is 1.34. The lowest BCUT2D eigenvalue weighted by atomic mass is 10.2. The van der Waals surface area contributed by atoms with Crippen molar-refractivity contribution >= 4 is 38.4 Å². The average Bonchev–Trinajstić information content (AvgIpc) is 2.30. The van der Waals surface area contributed by atoms with Crippen LogP contribution in [-0.2, 0) is 0 Å². The van der Waals surface area contributed by atoms with Gasteiger partial charge in [0.05, 0.1) is 9.86 Å². The molecule has 1 aromatic carbocycles. The van der Waals surface area contributed by atoms with Crippen LogP contribution in [0.1, 0.15) is 0 Å². The van der Waals surface area contributed by atoms with Gasteiger partial charge in [-0.05, 0) is 39.7 Å². The molecule has 1 heterocycles. The molecule has 19 heavy (non-hydrogen) atoms. The summed E-state index contributed by atoms with van der Waals surface area (Å²) >= 11 is 8.47. The van der Waals surface area contributed by atoms with Crippen LogP contribution in [0.15, 0.2) is 16.6 Å². The summed E-state index contributed by atoms with van der Waals surface area (Å²) in [5.74, 6) is -1.17. The molecule has 1 aromatic heterocycles. The van der Waals surface area contributed by atoms with Gasteiger partial charge in [0.25, 0.3) is 0 Å². The number of halogens is 6. The number of hydrogen-bond donors (Lipinski definition) is 0. The highest BCUT2D eigenvalue weighted by Crippen LogP contribution is 2.30. The van der Waals surface area contributed by atoms with Crippen LogP contribution in [-0.4, -0.2) is 22.8 Å². The summed E-state index contributed by atoms with van der Waals surface area (Å²) in [4.78, 5) is 7.15. The fraction of sp³-hybridized carbons (Fsp3) is 0.200. The fourth-order valence-corrected chi connectivity index (χ4v) is 1.82. The minimum atomic E-state index is -4.53. The maximum absolute atomic E-state index is 13.8. The van der Waals surface area contributed by atoms with Crippen LogP contribution < -0.4 is 4.74 Å². The molecule has 0 saturated carbocycles. The summed E-state index contributed by atoms with van der Waals surface area (Å²) in [6.45, 7) is -1.55. The van der Waals surface area contributed by atoms with Crippen molar-refractivity contribution in [1.29, 1.82) is 0 Å². The van der Waals surface area contributed by atoms with Gasteiger partial charge in [-0.2, -0.15) is 18.2 Å². The normalized spacial score (nSPS) is 11.9. The summed E-state index contributed by atoms with van der Waals surface area (Å²) in [6, 6.07) is 2.65. The maximum atomic E-state index is 13.8. The van der Waals surface area contributed by atoms with Crippen LogP contribution in [0.2, 0.25) is 5.28 Å². The Morgan fingerprint density at radius 1 is 1.26 bits per heavy atom. The number of alkyl halides is 3. The van der Waals surface area contributed by atoms with Gasteiger partial charge in [-0.1, -0.05) is 0 Å². The molecule has 0 aliphatic heterocycles. The van der Waals surface area contributed by atoms with E-state index in [1.54, 1.807) is 0 Å². The zero-order chi connectivity index (χ0) is 14.2. The van der Waals surface area contributed by atoms with E-state index in [4.69, 9.17) is 11.6 Å². The molecule has 0 amide bonds. The number of rotatable bonds is 2. The number of nitrogens with zero attached hydrogens (tertiary/aromatic N) is 2. The number of hydrogen-bond acceptors (Lipinski definition) is 3. The highest BCUT2D eigenvalue weighted by atomic mass is 79.9. The second-order valence-corrected chi connectivity index (χ2v) is 4.65. The van der Waals surface area contributed by atoms with E-state index < -0.39 is 29.8 Å². The molecule has 0 atom stereocenters. The van der Waals surface area contributed by atoms with Crippen molar-refractivity contribution in [3.05, 3.63) is 27.7 Å². The molecule has 102 valence electrons. The lowest BCUT2D eigenvalue weighted by molar-refractivity contribution is -0.153. The predicted octanol–water partition coefficient (Wildman–Crippen LogP) is 4.13. The third kappa shape index (κ3) is 3.24.